The van der Waals surface area contributed by atoms with E-state index in [9.17, 15) is 0 Å². The van der Waals surface area contributed by atoms with Gasteiger partial charge in [-0.05, 0) is 25.8 Å². The Bertz CT molecular complexity index is 198. The maximum Gasteiger partial charge on any atom is 0.0466 e. The van der Waals surface area contributed by atoms with Crippen molar-refractivity contribution in [3.63, 3.8) is 0 Å². The fourth-order valence-electron chi connectivity index (χ4n) is 3.38. The summed E-state index contributed by atoms with van der Waals surface area (Å²) in [5, 5.41) is 0. The Morgan fingerprint density at radius 1 is 0.440 bits per heavy atom. The number of nitrogens with two attached hydrogens (primary N) is 1. The summed E-state index contributed by atoms with van der Waals surface area (Å²) in [7, 11) is 0. The molecule has 0 fully saturated rings. The largest absolute Gasteiger partial charge is 0.381 e. The number of hydrogen-bond donors (Lipinski definition) is 1. The van der Waals surface area contributed by atoms with Gasteiger partial charge in [0, 0.05) is 13.2 Å². The molecule has 0 saturated carbocycles. The predicted octanol–water partition coefficient (Wildman–Crippen LogP) is 7.39. The summed E-state index contributed by atoms with van der Waals surface area (Å²) in [4.78, 5) is 0. The van der Waals surface area contributed by atoms with Crippen LogP contribution in [-0.2, 0) is 4.74 Å². The zero-order valence-corrected chi connectivity index (χ0v) is 17.5. The summed E-state index contributed by atoms with van der Waals surface area (Å²) in [6.45, 7) is 4.93. The van der Waals surface area contributed by atoms with E-state index in [0.717, 1.165) is 32.6 Å². The molecular formula is C23H49NO. The van der Waals surface area contributed by atoms with Crippen molar-refractivity contribution < 1.29 is 4.74 Å². The van der Waals surface area contributed by atoms with Gasteiger partial charge < -0.3 is 10.5 Å². The monoisotopic (exact) mass is 355 g/mol. The van der Waals surface area contributed by atoms with Crippen molar-refractivity contribution in [2.75, 3.05) is 19.8 Å². The van der Waals surface area contributed by atoms with E-state index in [4.69, 9.17) is 10.5 Å². The topological polar surface area (TPSA) is 35.2 Å². The van der Waals surface area contributed by atoms with Gasteiger partial charge in [0.25, 0.3) is 0 Å². The van der Waals surface area contributed by atoms with Crippen LogP contribution in [0.3, 0.4) is 0 Å². The molecule has 0 aliphatic carbocycles. The average Bonchev–Trinajstić information content (AvgIpc) is 2.63. The quantitative estimate of drug-likeness (QED) is 0.205. The number of hydrogen-bond acceptors (Lipinski definition) is 2. The van der Waals surface area contributed by atoms with Crippen molar-refractivity contribution in [1.29, 1.82) is 0 Å². The summed E-state index contributed by atoms with van der Waals surface area (Å²) in [6, 6.07) is 0. The van der Waals surface area contributed by atoms with Gasteiger partial charge in [0.2, 0.25) is 0 Å². The smallest absolute Gasteiger partial charge is 0.0466 e. The molecule has 2 heteroatoms. The average molecular weight is 356 g/mol. The fourth-order valence-corrected chi connectivity index (χ4v) is 3.38. The van der Waals surface area contributed by atoms with Gasteiger partial charge in [0.1, 0.15) is 0 Å². The van der Waals surface area contributed by atoms with E-state index in [-0.39, 0.29) is 0 Å². The molecule has 0 aromatic rings. The zero-order valence-electron chi connectivity index (χ0n) is 17.5. The highest BCUT2D eigenvalue weighted by molar-refractivity contribution is 4.50. The van der Waals surface area contributed by atoms with Crippen molar-refractivity contribution in [3.05, 3.63) is 0 Å². The molecule has 0 aliphatic rings. The predicted molar refractivity (Wildman–Crippen MR) is 113 cm³/mol. The van der Waals surface area contributed by atoms with Crippen molar-refractivity contribution in [3.8, 4) is 0 Å². The molecular weight excluding hydrogens is 306 g/mol. The van der Waals surface area contributed by atoms with E-state index in [0.29, 0.717) is 0 Å². The molecule has 0 spiro atoms. The van der Waals surface area contributed by atoms with Crippen LogP contribution in [0.4, 0.5) is 0 Å². The molecule has 2 nitrogen and oxygen atoms in total. The summed E-state index contributed by atoms with van der Waals surface area (Å²) in [6.07, 6.45) is 26.5. The minimum absolute atomic E-state index is 0.794. The van der Waals surface area contributed by atoms with Crippen molar-refractivity contribution in [2.45, 2.75) is 129 Å². The molecule has 0 unspecified atom stereocenters. The number of rotatable bonds is 22. The van der Waals surface area contributed by atoms with Crippen LogP contribution >= 0.6 is 0 Å². The molecule has 2 N–H and O–H groups in total. The lowest BCUT2D eigenvalue weighted by Gasteiger charge is -2.05. The highest BCUT2D eigenvalue weighted by Gasteiger charge is 1.95. The Balaban J connectivity index is 2.94. The fraction of sp³-hybridized carbons (Fsp3) is 1.00. The second-order valence-electron chi connectivity index (χ2n) is 7.77. The lowest BCUT2D eigenvalue weighted by Crippen LogP contribution is -2.02. The summed E-state index contributed by atoms with van der Waals surface area (Å²) in [5.41, 5.74) is 5.46. The van der Waals surface area contributed by atoms with Crippen LogP contribution in [0.2, 0.25) is 0 Å². The molecule has 0 aromatic carbocycles. The van der Waals surface area contributed by atoms with Gasteiger partial charge in [-0.1, -0.05) is 110 Å². The van der Waals surface area contributed by atoms with Crippen molar-refractivity contribution in [1.82, 2.24) is 0 Å². The van der Waals surface area contributed by atoms with Gasteiger partial charge in [-0.3, -0.25) is 0 Å². The Labute approximate surface area is 159 Å². The highest BCUT2D eigenvalue weighted by Crippen LogP contribution is 2.14. The Morgan fingerprint density at radius 2 is 0.760 bits per heavy atom. The van der Waals surface area contributed by atoms with Crippen molar-refractivity contribution >= 4 is 0 Å². The Hall–Kier alpha value is -0.0800. The Morgan fingerprint density at radius 3 is 1.12 bits per heavy atom. The molecule has 0 amide bonds. The molecule has 0 rings (SSSR count). The summed E-state index contributed by atoms with van der Waals surface area (Å²) < 4.78 is 5.60. The molecule has 0 aliphatic heterocycles. The van der Waals surface area contributed by atoms with Gasteiger partial charge in [0.05, 0.1) is 0 Å². The maximum atomic E-state index is 5.60. The maximum absolute atomic E-state index is 5.60. The first-order valence-corrected chi connectivity index (χ1v) is 11.7. The summed E-state index contributed by atoms with van der Waals surface area (Å²) >= 11 is 0. The number of ether oxygens (including phenoxy) is 1. The third kappa shape index (κ3) is 23.9. The van der Waals surface area contributed by atoms with Crippen LogP contribution in [0.5, 0.6) is 0 Å². The SMILES string of the molecule is CCCCCCCCCCCCCCCCCCCOCCCCN. The molecule has 0 atom stereocenters. The number of unbranched alkanes of at least 4 members (excludes halogenated alkanes) is 17. The minimum atomic E-state index is 0.794. The van der Waals surface area contributed by atoms with Crippen LogP contribution in [0.25, 0.3) is 0 Å². The molecule has 0 heterocycles. The molecule has 25 heavy (non-hydrogen) atoms. The molecule has 152 valence electrons. The van der Waals surface area contributed by atoms with Crippen LogP contribution in [-0.4, -0.2) is 19.8 Å². The Kier molecular flexibility index (Phi) is 23.8. The normalized spacial score (nSPS) is 11.3. The van der Waals surface area contributed by atoms with E-state index in [2.05, 4.69) is 6.92 Å². The van der Waals surface area contributed by atoms with Gasteiger partial charge in [0.15, 0.2) is 0 Å². The van der Waals surface area contributed by atoms with Crippen LogP contribution in [0.15, 0.2) is 0 Å². The van der Waals surface area contributed by atoms with E-state index in [1.54, 1.807) is 0 Å². The van der Waals surface area contributed by atoms with Crippen LogP contribution < -0.4 is 5.73 Å². The third-order valence-electron chi connectivity index (χ3n) is 5.14. The first kappa shape index (κ1) is 24.9. The van der Waals surface area contributed by atoms with E-state index >= 15 is 0 Å². The lowest BCUT2D eigenvalue weighted by atomic mass is 10.0. The van der Waals surface area contributed by atoms with Gasteiger partial charge in [-0.25, -0.2) is 0 Å². The van der Waals surface area contributed by atoms with E-state index in [1.807, 2.05) is 0 Å². The molecule has 0 aromatic heterocycles. The lowest BCUT2D eigenvalue weighted by molar-refractivity contribution is 0.126. The minimum Gasteiger partial charge on any atom is -0.381 e. The standard InChI is InChI=1S/C23H49NO/c1-2-3-4-5-6-7-8-9-10-11-12-13-14-15-16-17-19-22-25-23-20-18-21-24/h2-24H2,1H3. The van der Waals surface area contributed by atoms with Gasteiger partial charge >= 0.3 is 0 Å². The molecule has 0 radical (unpaired) electrons. The molecule has 0 bridgehead atoms. The van der Waals surface area contributed by atoms with Crippen LogP contribution in [0, 0.1) is 0 Å². The van der Waals surface area contributed by atoms with E-state index in [1.165, 1.54) is 109 Å². The second-order valence-corrected chi connectivity index (χ2v) is 7.77. The van der Waals surface area contributed by atoms with E-state index < -0.39 is 0 Å². The van der Waals surface area contributed by atoms with Crippen LogP contribution in [0.1, 0.15) is 129 Å². The summed E-state index contributed by atoms with van der Waals surface area (Å²) in [5.74, 6) is 0. The zero-order chi connectivity index (χ0) is 18.3. The first-order chi connectivity index (χ1) is 12.4. The van der Waals surface area contributed by atoms with Gasteiger partial charge in [-0.15, -0.1) is 0 Å². The third-order valence-corrected chi connectivity index (χ3v) is 5.14. The van der Waals surface area contributed by atoms with Gasteiger partial charge in [-0.2, -0.15) is 0 Å². The first-order valence-electron chi connectivity index (χ1n) is 11.7. The van der Waals surface area contributed by atoms with Crippen molar-refractivity contribution in [2.24, 2.45) is 5.73 Å². The highest BCUT2D eigenvalue weighted by atomic mass is 16.5. The second kappa shape index (κ2) is 23.9. The molecule has 0 saturated heterocycles.